The van der Waals surface area contributed by atoms with Gasteiger partial charge in [-0.25, -0.2) is 0 Å². The van der Waals surface area contributed by atoms with Gasteiger partial charge in [0.25, 0.3) is 5.56 Å². The summed E-state index contributed by atoms with van der Waals surface area (Å²) in [7, 11) is 0. The lowest BCUT2D eigenvalue weighted by Crippen LogP contribution is -2.31. The minimum Gasteiger partial charge on any atom is -0.267 e. The lowest BCUT2D eigenvalue weighted by molar-refractivity contribution is 0.953. The normalized spacial score (nSPS) is 11.0. The van der Waals surface area contributed by atoms with Crippen LogP contribution in [-0.4, -0.2) is 4.57 Å². The van der Waals surface area contributed by atoms with Crippen molar-refractivity contribution in [1.29, 1.82) is 10.5 Å². The van der Waals surface area contributed by atoms with Crippen molar-refractivity contribution < 1.29 is 0 Å². The van der Waals surface area contributed by atoms with Gasteiger partial charge in [-0.05, 0) is 41.8 Å². The molecule has 1 aromatic heterocycles. The van der Waals surface area contributed by atoms with Crippen LogP contribution < -0.4 is 14.8 Å². The molecule has 0 saturated heterocycles. The molecule has 3 rings (SSSR count). The number of nitrogens with zero attached hydrogens (tertiary/aromatic N) is 3. The summed E-state index contributed by atoms with van der Waals surface area (Å²) in [6.45, 7) is 2.00. The van der Waals surface area contributed by atoms with E-state index >= 15 is 0 Å². The van der Waals surface area contributed by atoms with Crippen molar-refractivity contribution in [3.63, 3.8) is 0 Å². The van der Waals surface area contributed by atoms with Crippen LogP contribution in [0.1, 0.15) is 18.1 Å². The van der Waals surface area contributed by atoms with Gasteiger partial charge in [0.15, 0.2) is 5.57 Å². The zero-order valence-corrected chi connectivity index (χ0v) is 16.8. The number of hydrogen-bond donors (Lipinski definition) is 0. The first kappa shape index (κ1) is 18.8. The molecule has 0 aliphatic rings. The second-order valence-corrected chi connectivity index (χ2v) is 7.64. The highest BCUT2D eigenvalue weighted by atomic mass is 79.9. The van der Waals surface area contributed by atoms with Crippen molar-refractivity contribution in [2.45, 2.75) is 13.3 Å². The Hall–Kier alpha value is -2.93. The van der Waals surface area contributed by atoms with Crippen LogP contribution in [0.4, 0.5) is 0 Å². The highest BCUT2D eigenvalue weighted by molar-refractivity contribution is 9.10. The molecule has 0 radical (unpaired) electrons. The predicted molar refractivity (Wildman–Crippen MR) is 111 cm³/mol. The maximum absolute atomic E-state index is 13.2. The van der Waals surface area contributed by atoms with Gasteiger partial charge < -0.3 is 0 Å². The second-order valence-electron chi connectivity index (χ2n) is 5.69. The molecule has 0 aliphatic carbocycles. The monoisotopic (exact) mass is 435 g/mol. The Bertz CT molecular complexity index is 1260. The Morgan fingerprint density at radius 3 is 2.59 bits per heavy atom. The summed E-state index contributed by atoms with van der Waals surface area (Å²) in [4.78, 5) is 13.2. The molecule has 0 atom stereocenters. The van der Waals surface area contributed by atoms with E-state index < -0.39 is 0 Å². The zero-order valence-electron chi connectivity index (χ0n) is 14.4. The maximum atomic E-state index is 13.2. The molecule has 6 heteroatoms. The molecule has 0 unspecified atom stereocenters. The van der Waals surface area contributed by atoms with Gasteiger partial charge in [0, 0.05) is 4.47 Å². The van der Waals surface area contributed by atoms with Gasteiger partial charge in [-0.3, -0.25) is 9.36 Å². The van der Waals surface area contributed by atoms with Gasteiger partial charge in [0.1, 0.15) is 16.8 Å². The molecule has 3 aromatic rings. The maximum Gasteiger partial charge on any atom is 0.273 e. The van der Waals surface area contributed by atoms with E-state index in [1.165, 1.54) is 4.57 Å². The molecule has 4 nitrogen and oxygen atoms in total. The number of para-hydroxylation sites is 1. The molecule has 1 heterocycles. The molecule has 27 heavy (non-hydrogen) atoms. The third-order valence-corrected chi connectivity index (χ3v) is 5.61. The van der Waals surface area contributed by atoms with Crippen LogP contribution in [0.3, 0.4) is 0 Å². The molecule has 0 fully saturated rings. The van der Waals surface area contributed by atoms with Crippen LogP contribution in [0.2, 0.25) is 0 Å². The molecule has 0 N–H and O–H groups in total. The number of rotatable bonds is 3. The molecular weight excluding hydrogens is 422 g/mol. The third kappa shape index (κ3) is 3.78. The summed E-state index contributed by atoms with van der Waals surface area (Å²) in [5.41, 5.74) is 2.23. The van der Waals surface area contributed by atoms with Gasteiger partial charge in [0.2, 0.25) is 0 Å². The van der Waals surface area contributed by atoms with Crippen LogP contribution >= 0.6 is 27.3 Å². The standard InChI is InChI=1S/C21H14BrN3OS/c1-2-15-7-3-4-9-18(15)25-20(26)19(27-21(25)16(12-23)13-24)11-14-6-5-8-17(22)10-14/h3-11H,2H2,1H3/b19-11+. The fraction of sp³-hybridized carbons (Fsp3) is 0.0952. The lowest BCUT2D eigenvalue weighted by Gasteiger charge is -2.08. The van der Waals surface area contributed by atoms with E-state index in [2.05, 4.69) is 15.9 Å². The van der Waals surface area contributed by atoms with Gasteiger partial charge in [0.05, 0.1) is 10.2 Å². The summed E-state index contributed by atoms with van der Waals surface area (Å²) in [6.07, 6.45) is 2.51. The zero-order chi connectivity index (χ0) is 19.4. The Morgan fingerprint density at radius 1 is 1.19 bits per heavy atom. The van der Waals surface area contributed by atoms with E-state index in [9.17, 15) is 15.3 Å². The lowest BCUT2D eigenvalue weighted by atomic mass is 10.1. The van der Waals surface area contributed by atoms with Crippen LogP contribution in [0.25, 0.3) is 17.3 Å². The van der Waals surface area contributed by atoms with Crippen LogP contribution in [-0.2, 0) is 6.42 Å². The topological polar surface area (TPSA) is 69.6 Å². The molecule has 2 aromatic carbocycles. The number of nitriles is 2. The van der Waals surface area contributed by atoms with E-state index in [0.29, 0.717) is 14.9 Å². The van der Waals surface area contributed by atoms with Gasteiger partial charge in [-0.15, -0.1) is 11.3 Å². The van der Waals surface area contributed by atoms with Crippen molar-refractivity contribution in [3.8, 4) is 17.8 Å². The average Bonchev–Trinajstić information content (AvgIpc) is 2.99. The largest absolute Gasteiger partial charge is 0.273 e. The van der Waals surface area contributed by atoms with Gasteiger partial charge >= 0.3 is 0 Å². The van der Waals surface area contributed by atoms with E-state index in [0.717, 1.165) is 33.4 Å². The summed E-state index contributed by atoms with van der Waals surface area (Å²) in [6, 6.07) is 19.0. The van der Waals surface area contributed by atoms with Crippen LogP contribution in [0.15, 0.2) is 57.8 Å². The Kier molecular flexibility index (Phi) is 5.71. The minimum atomic E-state index is -0.237. The second kappa shape index (κ2) is 8.18. The van der Waals surface area contributed by atoms with Crippen molar-refractivity contribution in [3.05, 3.63) is 83.7 Å². The van der Waals surface area contributed by atoms with Crippen molar-refractivity contribution in [2.24, 2.45) is 0 Å². The fourth-order valence-electron chi connectivity index (χ4n) is 2.77. The highest BCUT2D eigenvalue weighted by Gasteiger charge is 2.13. The molecule has 0 bridgehead atoms. The Balaban J connectivity index is 2.43. The highest BCUT2D eigenvalue weighted by Crippen LogP contribution is 2.13. The van der Waals surface area contributed by atoms with Crippen molar-refractivity contribution >= 4 is 38.9 Å². The van der Waals surface area contributed by atoms with Gasteiger partial charge in [-0.2, -0.15) is 10.5 Å². The number of halogens is 1. The number of hydrogen-bond acceptors (Lipinski definition) is 4. The first-order valence-electron chi connectivity index (χ1n) is 8.21. The smallest absolute Gasteiger partial charge is 0.267 e. The predicted octanol–water partition coefficient (Wildman–Crippen LogP) is 3.25. The number of aryl methyl sites for hydroxylation is 1. The SMILES string of the molecule is CCc1ccccc1-n1c(=C(C#N)C#N)s/c(=C/c2cccc(Br)c2)c1=O. The fourth-order valence-corrected chi connectivity index (χ4v) is 4.23. The molecule has 132 valence electrons. The first-order chi connectivity index (χ1) is 13.1. The minimum absolute atomic E-state index is 0.0723. The summed E-state index contributed by atoms with van der Waals surface area (Å²) in [5.74, 6) is 0. The summed E-state index contributed by atoms with van der Waals surface area (Å²) < 4.78 is 3.21. The van der Waals surface area contributed by atoms with E-state index in [1.54, 1.807) is 6.08 Å². The molecule has 0 spiro atoms. The summed E-state index contributed by atoms with van der Waals surface area (Å²) >= 11 is 4.58. The van der Waals surface area contributed by atoms with E-state index in [1.807, 2.05) is 67.6 Å². The molecule has 0 aliphatic heterocycles. The molecule has 0 amide bonds. The molecular formula is C21H14BrN3OS. The molecule has 0 saturated carbocycles. The number of aromatic nitrogens is 1. The Labute approximate surface area is 168 Å². The van der Waals surface area contributed by atoms with E-state index in [-0.39, 0.29) is 11.1 Å². The number of thiazole rings is 1. The number of benzene rings is 2. The van der Waals surface area contributed by atoms with Crippen molar-refractivity contribution in [2.75, 3.05) is 0 Å². The summed E-state index contributed by atoms with van der Waals surface area (Å²) in [5, 5.41) is 18.7. The Morgan fingerprint density at radius 2 is 1.93 bits per heavy atom. The first-order valence-corrected chi connectivity index (χ1v) is 9.82. The van der Waals surface area contributed by atoms with Crippen LogP contribution in [0.5, 0.6) is 0 Å². The van der Waals surface area contributed by atoms with E-state index in [4.69, 9.17) is 0 Å². The average molecular weight is 436 g/mol. The quantitative estimate of drug-likeness (QED) is 0.633. The third-order valence-electron chi connectivity index (χ3n) is 4.02. The van der Waals surface area contributed by atoms with Gasteiger partial charge in [-0.1, -0.05) is 53.2 Å². The van der Waals surface area contributed by atoms with Crippen LogP contribution in [0, 0.1) is 22.7 Å². The van der Waals surface area contributed by atoms with Crippen molar-refractivity contribution in [1.82, 2.24) is 4.57 Å².